The molecule has 0 saturated carbocycles. The fraction of sp³-hybridized carbons (Fsp3) is 0.133. The Morgan fingerprint density at radius 2 is 2.05 bits per heavy atom. The SMILES string of the molecule is NC(Cc1nc2ccccc2o1)c1ccc(F)cc1Br. The standard InChI is InChI=1S/C15H12BrFN2O/c16-11-7-9(17)5-6-10(11)12(18)8-15-19-13-3-1-2-4-14(13)20-15/h1-7,12H,8,18H2. The van der Waals surface area contributed by atoms with E-state index in [1.165, 1.54) is 12.1 Å². The summed E-state index contributed by atoms with van der Waals surface area (Å²) >= 11 is 3.32. The lowest BCUT2D eigenvalue weighted by molar-refractivity contribution is 0.501. The maximum atomic E-state index is 13.1. The van der Waals surface area contributed by atoms with Crippen LogP contribution in [0.15, 0.2) is 51.4 Å². The molecule has 102 valence electrons. The number of oxazole rings is 1. The van der Waals surface area contributed by atoms with E-state index >= 15 is 0 Å². The molecule has 2 aromatic carbocycles. The summed E-state index contributed by atoms with van der Waals surface area (Å²) in [5.41, 5.74) is 8.53. The van der Waals surface area contributed by atoms with Gasteiger partial charge in [-0.3, -0.25) is 0 Å². The van der Waals surface area contributed by atoms with Crippen LogP contribution < -0.4 is 5.73 Å². The highest BCUT2D eigenvalue weighted by molar-refractivity contribution is 9.10. The molecule has 0 saturated heterocycles. The summed E-state index contributed by atoms with van der Waals surface area (Å²) in [5.74, 6) is 0.282. The van der Waals surface area contributed by atoms with Crippen molar-refractivity contribution in [2.45, 2.75) is 12.5 Å². The van der Waals surface area contributed by atoms with Gasteiger partial charge in [0.15, 0.2) is 11.5 Å². The molecular weight excluding hydrogens is 323 g/mol. The smallest absolute Gasteiger partial charge is 0.197 e. The third kappa shape index (κ3) is 2.59. The van der Waals surface area contributed by atoms with Gasteiger partial charge in [0, 0.05) is 16.9 Å². The van der Waals surface area contributed by atoms with Gasteiger partial charge in [-0.15, -0.1) is 0 Å². The molecule has 0 spiro atoms. The third-order valence-electron chi connectivity index (χ3n) is 3.09. The van der Waals surface area contributed by atoms with Gasteiger partial charge in [-0.05, 0) is 29.8 Å². The fourth-order valence-corrected chi connectivity index (χ4v) is 2.75. The zero-order valence-electron chi connectivity index (χ0n) is 10.5. The van der Waals surface area contributed by atoms with E-state index in [1.807, 2.05) is 24.3 Å². The van der Waals surface area contributed by atoms with Crippen LogP contribution in [-0.2, 0) is 6.42 Å². The molecule has 20 heavy (non-hydrogen) atoms. The number of nitrogens with two attached hydrogens (primary N) is 1. The van der Waals surface area contributed by atoms with Crippen LogP contribution in [-0.4, -0.2) is 4.98 Å². The molecule has 0 fully saturated rings. The van der Waals surface area contributed by atoms with Crippen LogP contribution in [0.1, 0.15) is 17.5 Å². The van der Waals surface area contributed by atoms with Crippen molar-refractivity contribution in [3.05, 3.63) is 64.2 Å². The monoisotopic (exact) mass is 334 g/mol. The first-order valence-electron chi connectivity index (χ1n) is 6.18. The minimum absolute atomic E-state index is 0.297. The molecule has 0 radical (unpaired) electrons. The van der Waals surface area contributed by atoms with Crippen molar-refractivity contribution >= 4 is 27.0 Å². The zero-order valence-corrected chi connectivity index (χ0v) is 12.1. The molecule has 1 heterocycles. The van der Waals surface area contributed by atoms with Crippen molar-refractivity contribution in [3.63, 3.8) is 0 Å². The number of halogens is 2. The van der Waals surface area contributed by atoms with E-state index in [-0.39, 0.29) is 11.9 Å². The molecule has 0 aliphatic heterocycles. The Balaban J connectivity index is 1.86. The topological polar surface area (TPSA) is 52.0 Å². The summed E-state index contributed by atoms with van der Waals surface area (Å²) in [6.45, 7) is 0. The quantitative estimate of drug-likeness (QED) is 0.788. The summed E-state index contributed by atoms with van der Waals surface area (Å²) in [7, 11) is 0. The summed E-state index contributed by atoms with van der Waals surface area (Å²) in [4.78, 5) is 4.39. The van der Waals surface area contributed by atoms with Crippen molar-refractivity contribution in [1.82, 2.24) is 4.98 Å². The Kier molecular flexibility index (Phi) is 3.54. The maximum Gasteiger partial charge on any atom is 0.197 e. The zero-order chi connectivity index (χ0) is 14.1. The van der Waals surface area contributed by atoms with Gasteiger partial charge in [0.25, 0.3) is 0 Å². The van der Waals surface area contributed by atoms with Gasteiger partial charge in [0.2, 0.25) is 0 Å². The summed E-state index contributed by atoms with van der Waals surface area (Å²) in [6, 6.07) is 11.7. The number of aromatic nitrogens is 1. The average Bonchev–Trinajstić information content (AvgIpc) is 2.80. The molecule has 0 bridgehead atoms. The first-order chi connectivity index (χ1) is 9.63. The van der Waals surface area contributed by atoms with E-state index in [2.05, 4.69) is 20.9 Å². The van der Waals surface area contributed by atoms with Crippen molar-refractivity contribution < 1.29 is 8.81 Å². The third-order valence-corrected chi connectivity index (χ3v) is 3.78. The molecule has 3 nitrogen and oxygen atoms in total. The van der Waals surface area contributed by atoms with E-state index in [1.54, 1.807) is 6.07 Å². The number of para-hydroxylation sites is 2. The Bertz CT molecular complexity index is 723. The highest BCUT2D eigenvalue weighted by Gasteiger charge is 2.15. The highest BCUT2D eigenvalue weighted by Crippen LogP contribution is 2.26. The summed E-state index contributed by atoms with van der Waals surface area (Å²) in [6.07, 6.45) is 0.457. The van der Waals surface area contributed by atoms with E-state index in [0.717, 1.165) is 16.7 Å². The number of hydrogen-bond donors (Lipinski definition) is 1. The number of nitrogens with zero attached hydrogens (tertiary/aromatic N) is 1. The van der Waals surface area contributed by atoms with Crippen LogP contribution in [0, 0.1) is 5.82 Å². The number of fused-ring (bicyclic) bond motifs is 1. The summed E-state index contributed by atoms with van der Waals surface area (Å²) in [5, 5.41) is 0. The van der Waals surface area contributed by atoms with E-state index in [9.17, 15) is 4.39 Å². The highest BCUT2D eigenvalue weighted by atomic mass is 79.9. The lowest BCUT2D eigenvalue weighted by Crippen LogP contribution is -2.14. The first kappa shape index (κ1) is 13.3. The molecule has 2 N–H and O–H groups in total. The largest absolute Gasteiger partial charge is 0.441 e. The first-order valence-corrected chi connectivity index (χ1v) is 6.98. The number of hydrogen-bond acceptors (Lipinski definition) is 3. The van der Waals surface area contributed by atoms with Gasteiger partial charge in [0.1, 0.15) is 11.3 Å². The van der Waals surface area contributed by atoms with Gasteiger partial charge < -0.3 is 10.2 Å². The maximum absolute atomic E-state index is 13.1. The minimum Gasteiger partial charge on any atom is -0.441 e. The molecule has 1 unspecified atom stereocenters. The second-order valence-corrected chi connectivity index (χ2v) is 5.41. The Hall–Kier alpha value is -1.72. The molecule has 3 rings (SSSR count). The molecule has 1 atom stereocenters. The average molecular weight is 335 g/mol. The lowest BCUT2D eigenvalue weighted by atomic mass is 10.0. The summed E-state index contributed by atoms with van der Waals surface area (Å²) < 4.78 is 19.4. The van der Waals surface area contributed by atoms with Crippen molar-refractivity contribution in [2.75, 3.05) is 0 Å². The van der Waals surface area contributed by atoms with E-state index in [4.69, 9.17) is 10.2 Å². The van der Waals surface area contributed by atoms with Crippen LogP contribution in [0.4, 0.5) is 4.39 Å². The second-order valence-electron chi connectivity index (χ2n) is 4.55. The molecule has 1 aromatic heterocycles. The Morgan fingerprint density at radius 3 is 2.80 bits per heavy atom. The van der Waals surface area contributed by atoms with E-state index < -0.39 is 0 Å². The van der Waals surface area contributed by atoms with Gasteiger partial charge in [-0.2, -0.15) is 0 Å². The predicted octanol–water partition coefficient (Wildman–Crippen LogP) is 3.97. The number of benzene rings is 2. The molecule has 0 aliphatic rings. The van der Waals surface area contributed by atoms with Crippen molar-refractivity contribution in [1.29, 1.82) is 0 Å². The van der Waals surface area contributed by atoms with Crippen LogP contribution in [0.2, 0.25) is 0 Å². The predicted molar refractivity (Wildman–Crippen MR) is 78.7 cm³/mol. The number of rotatable bonds is 3. The fourth-order valence-electron chi connectivity index (χ4n) is 2.11. The minimum atomic E-state index is -0.307. The van der Waals surface area contributed by atoms with Crippen LogP contribution >= 0.6 is 15.9 Å². The second kappa shape index (κ2) is 5.34. The van der Waals surface area contributed by atoms with Gasteiger partial charge >= 0.3 is 0 Å². The van der Waals surface area contributed by atoms with E-state index in [0.29, 0.717) is 16.8 Å². The Labute approximate surface area is 123 Å². The molecule has 5 heteroatoms. The van der Waals surface area contributed by atoms with Crippen LogP contribution in [0.25, 0.3) is 11.1 Å². The van der Waals surface area contributed by atoms with Crippen molar-refractivity contribution in [3.8, 4) is 0 Å². The molecule has 0 amide bonds. The normalized spacial score (nSPS) is 12.8. The molecule has 0 aliphatic carbocycles. The van der Waals surface area contributed by atoms with Crippen LogP contribution in [0.3, 0.4) is 0 Å². The lowest BCUT2D eigenvalue weighted by Gasteiger charge is -2.11. The van der Waals surface area contributed by atoms with Crippen molar-refractivity contribution in [2.24, 2.45) is 5.73 Å². The van der Waals surface area contributed by atoms with Gasteiger partial charge in [-0.25, -0.2) is 9.37 Å². The van der Waals surface area contributed by atoms with Crippen LogP contribution in [0.5, 0.6) is 0 Å². The molecular formula is C15H12BrFN2O. The van der Waals surface area contributed by atoms with Gasteiger partial charge in [-0.1, -0.05) is 34.1 Å². The Morgan fingerprint density at radius 1 is 1.25 bits per heavy atom. The molecule has 3 aromatic rings. The van der Waals surface area contributed by atoms with Gasteiger partial charge in [0.05, 0.1) is 0 Å².